The van der Waals surface area contributed by atoms with Crippen LogP contribution in [0.25, 0.3) is 0 Å². The van der Waals surface area contributed by atoms with Crippen molar-refractivity contribution in [2.75, 3.05) is 0 Å². The molecule has 1 rings (SSSR count). The Balaban J connectivity index is 2.24. The standard InChI is InChI=1S/C23H42O3Si/c1-18(12-10-13-19(2)16-17-20-23(6,7)25-20)14-11-15-21(24)26-27(8,9)22(3,4)5/h13-14,20H,10-12,15-17H2,1-9H3/b18-14+,19-13+/t20-/m0/s1. The molecule has 0 saturated carbocycles. The Morgan fingerprint density at radius 3 is 2.00 bits per heavy atom. The van der Waals surface area contributed by atoms with Crippen molar-refractivity contribution in [3.63, 3.8) is 0 Å². The first kappa shape index (κ1) is 24.2. The second kappa shape index (κ2) is 9.55. The van der Waals surface area contributed by atoms with Crippen molar-refractivity contribution in [1.29, 1.82) is 0 Å². The molecule has 27 heavy (non-hydrogen) atoms. The highest BCUT2D eigenvalue weighted by atomic mass is 28.4. The summed E-state index contributed by atoms with van der Waals surface area (Å²) >= 11 is 0. The highest BCUT2D eigenvalue weighted by Crippen LogP contribution is 2.39. The van der Waals surface area contributed by atoms with Crippen LogP contribution in [0.3, 0.4) is 0 Å². The molecule has 156 valence electrons. The second-order valence-electron chi connectivity index (χ2n) is 10.2. The van der Waals surface area contributed by atoms with E-state index >= 15 is 0 Å². The molecule has 0 bridgehead atoms. The predicted molar refractivity (Wildman–Crippen MR) is 117 cm³/mol. The molecule has 1 saturated heterocycles. The molecule has 1 fully saturated rings. The average Bonchev–Trinajstić information content (AvgIpc) is 3.10. The lowest BCUT2D eigenvalue weighted by molar-refractivity contribution is -0.135. The van der Waals surface area contributed by atoms with Gasteiger partial charge in [0.25, 0.3) is 14.3 Å². The molecule has 0 aromatic rings. The fourth-order valence-electron chi connectivity index (χ4n) is 2.77. The minimum atomic E-state index is -1.99. The van der Waals surface area contributed by atoms with Crippen LogP contribution in [-0.4, -0.2) is 26.0 Å². The summed E-state index contributed by atoms with van der Waals surface area (Å²) in [5, 5.41) is 0.0694. The minimum Gasteiger partial charge on any atom is -0.519 e. The van der Waals surface area contributed by atoms with E-state index in [4.69, 9.17) is 9.16 Å². The van der Waals surface area contributed by atoms with Gasteiger partial charge in [-0.15, -0.1) is 0 Å². The number of hydrogen-bond acceptors (Lipinski definition) is 3. The number of hydrogen-bond donors (Lipinski definition) is 0. The molecule has 1 atom stereocenters. The summed E-state index contributed by atoms with van der Waals surface area (Å²) in [4.78, 5) is 12.1. The van der Waals surface area contributed by atoms with Gasteiger partial charge in [0.05, 0.1) is 11.7 Å². The van der Waals surface area contributed by atoms with Crippen molar-refractivity contribution < 1.29 is 14.0 Å². The molecular weight excluding hydrogens is 352 g/mol. The first-order chi connectivity index (χ1) is 12.2. The van der Waals surface area contributed by atoms with E-state index in [1.54, 1.807) is 0 Å². The minimum absolute atomic E-state index is 0.0494. The van der Waals surface area contributed by atoms with E-state index in [0.29, 0.717) is 12.5 Å². The Hall–Kier alpha value is -0.873. The summed E-state index contributed by atoms with van der Waals surface area (Å²) in [6.07, 6.45) is 10.6. The van der Waals surface area contributed by atoms with Gasteiger partial charge in [0.1, 0.15) is 0 Å². The Kier molecular flexibility index (Phi) is 8.55. The molecule has 4 heteroatoms. The molecule has 0 N–H and O–H groups in total. The van der Waals surface area contributed by atoms with Gasteiger partial charge in [-0.3, -0.25) is 4.79 Å². The quantitative estimate of drug-likeness (QED) is 0.229. The Morgan fingerprint density at radius 2 is 1.52 bits per heavy atom. The lowest BCUT2D eigenvalue weighted by Crippen LogP contribution is -2.42. The van der Waals surface area contributed by atoms with E-state index in [1.165, 1.54) is 11.1 Å². The predicted octanol–water partition coefficient (Wildman–Crippen LogP) is 6.95. The smallest absolute Gasteiger partial charge is 0.292 e. The summed E-state index contributed by atoms with van der Waals surface area (Å²) < 4.78 is 11.5. The maximum absolute atomic E-state index is 12.1. The summed E-state index contributed by atoms with van der Waals surface area (Å²) in [5.41, 5.74) is 2.91. The van der Waals surface area contributed by atoms with Crippen molar-refractivity contribution >= 4 is 14.3 Å². The van der Waals surface area contributed by atoms with Gasteiger partial charge in [-0.1, -0.05) is 44.1 Å². The SMILES string of the molecule is C/C(=C\CCC(=O)O[Si](C)(C)C(C)(C)C)CC/C=C(\C)CC[C@@H]1OC1(C)C. The molecule has 0 amide bonds. The van der Waals surface area contributed by atoms with E-state index in [0.717, 1.165) is 32.1 Å². The van der Waals surface area contributed by atoms with Crippen LogP contribution < -0.4 is 0 Å². The summed E-state index contributed by atoms with van der Waals surface area (Å²) in [6.45, 7) is 19.4. The van der Waals surface area contributed by atoms with E-state index in [9.17, 15) is 4.79 Å². The molecule has 0 unspecified atom stereocenters. The van der Waals surface area contributed by atoms with Crippen molar-refractivity contribution in [3.8, 4) is 0 Å². The van der Waals surface area contributed by atoms with Crippen LogP contribution >= 0.6 is 0 Å². The van der Waals surface area contributed by atoms with E-state index in [-0.39, 0.29) is 16.6 Å². The molecule has 1 aliphatic rings. The number of ether oxygens (including phenoxy) is 1. The number of rotatable bonds is 10. The molecule has 3 nitrogen and oxygen atoms in total. The van der Waals surface area contributed by atoms with Crippen molar-refractivity contribution in [1.82, 2.24) is 0 Å². The highest BCUT2D eigenvalue weighted by Gasteiger charge is 2.46. The maximum atomic E-state index is 12.1. The topological polar surface area (TPSA) is 38.8 Å². The fraction of sp³-hybridized carbons (Fsp3) is 0.783. The molecule has 1 aliphatic heterocycles. The molecule has 0 radical (unpaired) electrons. The summed E-state index contributed by atoms with van der Waals surface area (Å²) in [7, 11) is -1.99. The maximum Gasteiger partial charge on any atom is 0.292 e. The third-order valence-electron chi connectivity index (χ3n) is 6.01. The first-order valence-electron chi connectivity index (χ1n) is 10.5. The normalized spacial score (nSPS) is 20.6. The van der Waals surface area contributed by atoms with Gasteiger partial charge in [-0.25, -0.2) is 0 Å². The monoisotopic (exact) mass is 394 g/mol. The number of epoxide rings is 1. The molecule has 0 aliphatic carbocycles. The molecular formula is C23H42O3Si. The lowest BCUT2D eigenvalue weighted by atomic mass is 10.0. The molecule has 0 spiro atoms. The zero-order valence-electron chi connectivity index (χ0n) is 19.2. The van der Waals surface area contributed by atoms with Gasteiger partial charge in [-0.2, -0.15) is 0 Å². The van der Waals surface area contributed by atoms with Crippen LogP contribution in [0.5, 0.6) is 0 Å². The molecule has 0 aromatic carbocycles. The van der Waals surface area contributed by atoms with Gasteiger partial charge in [0, 0.05) is 6.42 Å². The number of carbonyl (C=O) groups excluding carboxylic acids is 1. The van der Waals surface area contributed by atoms with Gasteiger partial charge < -0.3 is 9.16 Å². The highest BCUT2D eigenvalue weighted by molar-refractivity contribution is 6.75. The number of allylic oxidation sites excluding steroid dienone is 4. The van der Waals surface area contributed by atoms with Gasteiger partial charge in [0.2, 0.25) is 0 Å². The zero-order chi connectivity index (χ0) is 20.9. The molecule has 1 heterocycles. The van der Waals surface area contributed by atoms with Crippen LogP contribution in [0.4, 0.5) is 0 Å². The van der Waals surface area contributed by atoms with Gasteiger partial charge in [-0.05, 0) is 77.9 Å². The van der Waals surface area contributed by atoms with Crippen LogP contribution in [0.1, 0.15) is 87.0 Å². The van der Waals surface area contributed by atoms with Gasteiger partial charge in [0.15, 0.2) is 0 Å². The van der Waals surface area contributed by atoms with Crippen molar-refractivity contribution in [2.24, 2.45) is 0 Å². The third kappa shape index (κ3) is 8.78. The fourth-order valence-corrected chi connectivity index (χ4v) is 3.75. The van der Waals surface area contributed by atoms with Crippen molar-refractivity contribution in [2.45, 2.75) is 117 Å². The Morgan fingerprint density at radius 1 is 1.04 bits per heavy atom. The van der Waals surface area contributed by atoms with Crippen LogP contribution in [-0.2, 0) is 14.0 Å². The van der Waals surface area contributed by atoms with Gasteiger partial charge >= 0.3 is 0 Å². The third-order valence-corrected chi connectivity index (χ3v) is 10.4. The van der Waals surface area contributed by atoms with Crippen LogP contribution in [0, 0.1) is 0 Å². The van der Waals surface area contributed by atoms with E-state index in [2.05, 4.69) is 73.7 Å². The van der Waals surface area contributed by atoms with Crippen molar-refractivity contribution in [3.05, 3.63) is 23.3 Å². The van der Waals surface area contributed by atoms with Crippen LogP contribution in [0.2, 0.25) is 18.1 Å². The Labute approximate surface area is 168 Å². The largest absolute Gasteiger partial charge is 0.519 e. The first-order valence-corrected chi connectivity index (χ1v) is 13.4. The summed E-state index contributed by atoms with van der Waals surface area (Å²) in [5.74, 6) is -0.0494. The van der Waals surface area contributed by atoms with E-state index < -0.39 is 8.32 Å². The zero-order valence-corrected chi connectivity index (χ0v) is 20.2. The number of carbonyl (C=O) groups is 1. The Bertz CT molecular complexity index is 565. The molecule has 0 aromatic heterocycles. The lowest BCUT2D eigenvalue weighted by Gasteiger charge is -2.35. The second-order valence-corrected chi connectivity index (χ2v) is 14.9. The average molecular weight is 395 g/mol. The summed E-state index contributed by atoms with van der Waals surface area (Å²) in [6, 6.07) is 0. The van der Waals surface area contributed by atoms with Crippen LogP contribution in [0.15, 0.2) is 23.3 Å². The van der Waals surface area contributed by atoms with E-state index in [1.807, 2.05) is 0 Å².